The molecule has 0 bridgehead atoms. The summed E-state index contributed by atoms with van der Waals surface area (Å²) in [5, 5.41) is 17.5. The second kappa shape index (κ2) is 9.03. The zero-order valence-corrected chi connectivity index (χ0v) is 18.3. The van der Waals surface area contributed by atoms with Gasteiger partial charge in [0.1, 0.15) is 11.6 Å². The third-order valence-electron chi connectivity index (χ3n) is 5.47. The Hall–Kier alpha value is -4.34. The van der Waals surface area contributed by atoms with E-state index in [1.165, 1.54) is 0 Å². The van der Waals surface area contributed by atoms with Crippen molar-refractivity contribution in [1.82, 2.24) is 29.9 Å². The Morgan fingerprint density at radius 3 is 2.52 bits per heavy atom. The number of piperazine rings is 1. The number of carbonyl (C=O) groups excluding carboxylic acids is 1. The maximum atomic E-state index is 12.7. The van der Waals surface area contributed by atoms with Gasteiger partial charge in [0.25, 0.3) is 0 Å². The summed E-state index contributed by atoms with van der Waals surface area (Å²) >= 11 is 0. The normalized spacial score (nSPS) is 13.7. The van der Waals surface area contributed by atoms with Gasteiger partial charge in [-0.25, -0.2) is 14.5 Å². The molecule has 0 spiro atoms. The molecule has 1 fully saturated rings. The maximum absolute atomic E-state index is 12.7. The summed E-state index contributed by atoms with van der Waals surface area (Å²) in [4.78, 5) is 21.4. The van der Waals surface area contributed by atoms with Gasteiger partial charge in [-0.15, -0.1) is 0 Å². The number of hydrogen-bond donors (Lipinski definition) is 3. The Bertz CT molecular complexity index is 1210. The van der Waals surface area contributed by atoms with Gasteiger partial charge in [0.2, 0.25) is 0 Å². The lowest BCUT2D eigenvalue weighted by atomic mass is 10.2. The molecule has 0 aliphatic carbocycles. The predicted octanol–water partition coefficient (Wildman–Crippen LogP) is 3.40. The van der Waals surface area contributed by atoms with Gasteiger partial charge in [-0.05, 0) is 49.4 Å². The first-order valence-electron chi connectivity index (χ1n) is 10.8. The smallest absolute Gasteiger partial charge is 0.321 e. The summed E-state index contributed by atoms with van der Waals surface area (Å²) in [5.41, 5.74) is 2.68. The minimum absolute atomic E-state index is 0.0984. The first-order chi connectivity index (χ1) is 16.1. The van der Waals surface area contributed by atoms with Crippen molar-refractivity contribution in [2.24, 2.45) is 0 Å². The fraction of sp³-hybridized carbons (Fsp3) is 0.217. The van der Waals surface area contributed by atoms with Gasteiger partial charge in [-0.3, -0.25) is 5.10 Å². The van der Waals surface area contributed by atoms with E-state index in [1.807, 2.05) is 72.6 Å². The number of carbonyl (C=O) groups is 1. The molecule has 1 aliphatic rings. The summed E-state index contributed by atoms with van der Waals surface area (Å²) in [6, 6.07) is 17.2. The molecule has 168 valence electrons. The van der Waals surface area contributed by atoms with Crippen LogP contribution in [0, 0.1) is 6.92 Å². The fourth-order valence-corrected chi connectivity index (χ4v) is 3.74. The third kappa shape index (κ3) is 4.79. The number of aryl methyl sites for hydroxylation is 1. The summed E-state index contributed by atoms with van der Waals surface area (Å²) in [6.45, 7) is 4.62. The van der Waals surface area contributed by atoms with Crippen LogP contribution in [0.2, 0.25) is 0 Å². The molecule has 0 radical (unpaired) electrons. The van der Waals surface area contributed by atoms with Crippen molar-refractivity contribution in [3.05, 3.63) is 72.7 Å². The van der Waals surface area contributed by atoms with E-state index in [1.54, 1.807) is 10.9 Å². The highest BCUT2D eigenvalue weighted by Gasteiger charge is 2.22. The zero-order valence-electron chi connectivity index (χ0n) is 18.3. The second-order valence-corrected chi connectivity index (χ2v) is 7.84. The lowest BCUT2D eigenvalue weighted by molar-refractivity contribution is 0.208. The number of amides is 2. The van der Waals surface area contributed by atoms with Crippen LogP contribution in [0.3, 0.4) is 0 Å². The molecule has 33 heavy (non-hydrogen) atoms. The average molecular weight is 444 g/mol. The van der Waals surface area contributed by atoms with Crippen molar-refractivity contribution >= 4 is 29.2 Å². The lowest BCUT2D eigenvalue weighted by Crippen LogP contribution is -2.50. The average Bonchev–Trinajstić information content (AvgIpc) is 3.52. The van der Waals surface area contributed by atoms with Gasteiger partial charge in [0.05, 0.1) is 5.69 Å². The van der Waals surface area contributed by atoms with Crippen molar-refractivity contribution < 1.29 is 4.79 Å². The maximum Gasteiger partial charge on any atom is 0.321 e. The van der Waals surface area contributed by atoms with Gasteiger partial charge in [0.15, 0.2) is 5.82 Å². The van der Waals surface area contributed by atoms with Crippen LogP contribution in [0.5, 0.6) is 0 Å². The molecule has 0 unspecified atom stereocenters. The third-order valence-corrected chi connectivity index (χ3v) is 5.47. The molecular formula is C23H25N9O. The molecule has 4 heterocycles. The topological polar surface area (TPSA) is 107 Å². The van der Waals surface area contributed by atoms with Crippen LogP contribution in [-0.4, -0.2) is 62.1 Å². The fourth-order valence-electron chi connectivity index (χ4n) is 3.74. The van der Waals surface area contributed by atoms with Crippen LogP contribution >= 0.6 is 0 Å². The Kier molecular flexibility index (Phi) is 5.62. The van der Waals surface area contributed by atoms with Crippen molar-refractivity contribution in [3.63, 3.8) is 0 Å². The highest BCUT2D eigenvalue weighted by Crippen LogP contribution is 2.20. The number of rotatable bonds is 5. The molecule has 1 aromatic carbocycles. The highest BCUT2D eigenvalue weighted by atomic mass is 16.2. The van der Waals surface area contributed by atoms with Crippen LogP contribution in [0.15, 0.2) is 67.0 Å². The summed E-state index contributed by atoms with van der Waals surface area (Å²) in [7, 11) is 0. The van der Waals surface area contributed by atoms with E-state index < -0.39 is 0 Å². The van der Waals surface area contributed by atoms with E-state index >= 15 is 0 Å². The quantitative estimate of drug-likeness (QED) is 0.436. The van der Waals surface area contributed by atoms with Gasteiger partial charge >= 0.3 is 6.03 Å². The molecule has 2 amide bonds. The van der Waals surface area contributed by atoms with Crippen LogP contribution in [0.1, 0.15) is 5.69 Å². The van der Waals surface area contributed by atoms with Gasteiger partial charge in [0, 0.05) is 56.0 Å². The first-order valence-corrected chi connectivity index (χ1v) is 10.8. The number of nitrogens with one attached hydrogen (secondary N) is 3. The van der Waals surface area contributed by atoms with E-state index in [4.69, 9.17) is 4.98 Å². The molecule has 10 heteroatoms. The lowest BCUT2D eigenvalue weighted by Gasteiger charge is -2.35. The second-order valence-electron chi connectivity index (χ2n) is 7.84. The predicted molar refractivity (Wildman–Crippen MR) is 127 cm³/mol. The number of aromatic amines is 1. The van der Waals surface area contributed by atoms with Crippen molar-refractivity contribution in [1.29, 1.82) is 0 Å². The van der Waals surface area contributed by atoms with E-state index in [2.05, 4.69) is 30.8 Å². The number of benzene rings is 1. The van der Waals surface area contributed by atoms with E-state index in [9.17, 15) is 4.79 Å². The monoisotopic (exact) mass is 443 g/mol. The molecule has 0 saturated carbocycles. The van der Waals surface area contributed by atoms with Crippen LogP contribution in [0.25, 0.3) is 5.69 Å². The summed E-state index contributed by atoms with van der Waals surface area (Å²) in [5.74, 6) is 2.34. The number of pyridine rings is 1. The van der Waals surface area contributed by atoms with Crippen molar-refractivity contribution in [2.45, 2.75) is 6.92 Å². The zero-order chi connectivity index (χ0) is 22.6. The van der Waals surface area contributed by atoms with E-state index in [-0.39, 0.29) is 6.03 Å². The Morgan fingerprint density at radius 1 is 1.00 bits per heavy atom. The molecule has 1 aliphatic heterocycles. The van der Waals surface area contributed by atoms with Gasteiger partial charge in [-0.1, -0.05) is 6.07 Å². The molecule has 3 aromatic heterocycles. The summed E-state index contributed by atoms with van der Waals surface area (Å²) < 4.78 is 1.78. The van der Waals surface area contributed by atoms with Gasteiger partial charge < -0.3 is 20.4 Å². The van der Waals surface area contributed by atoms with Crippen LogP contribution < -0.4 is 15.5 Å². The number of anilines is 4. The standard InChI is InChI=1S/C23H25N9O/c1-17-16-21(29-28-17)26-20-4-2-5-22(27-20)30-12-14-31(15-13-30)23(33)25-18-6-8-19(9-7-18)32-11-3-10-24-32/h2-11,16H,12-15H2,1H3,(H,25,33)(H2,26,27,28,29). The number of hydrogen-bond acceptors (Lipinski definition) is 6. The van der Waals surface area contributed by atoms with Gasteiger partial charge in [-0.2, -0.15) is 10.2 Å². The molecule has 5 rings (SSSR count). The molecule has 1 saturated heterocycles. The molecule has 0 atom stereocenters. The Morgan fingerprint density at radius 2 is 1.82 bits per heavy atom. The van der Waals surface area contributed by atoms with Crippen LogP contribution in [0.4, 0.5) is 27.9 Å². The van der Waals surface area contributed by atoms with Crippen molar-refractivity contribution in [3.8, 4) is 5.69 Å². The minimum Gasteiger partial charge on any atom is -0.353 e. The molecule has 3 N–H and O–H groups in total. The molecular weight excluding hydrogens is 418 g/mol. The number of H-pyrrole nitrogens is 1. The number of urea groups is 1. The number of aromatic nitrogens is 5. The molecule has 4 aromatic rings. The highest BCUT2D eigenvalue weighted by molar-refractivity contribution is 5.89. The van der Waals surface area contributed by atoms with Crippen molar-refractivity contribution in [2.75, 3.05) is 41.7 Å². The SMILES string of the molecule is Cc1cc(Nc2cccc(N3CCN(C(=O)Nc4ccc(-n5cccn5)cc4)CC3)n2)n[nH]1. The first kappa shape index (κ1) is 20.6. The molecule has 10 nitrogen and oxygen atoms in total. The number of nitrogens with zero attached hydrogens (tertiary/aromatic N) is 6. The van der Waals surface area contributed by atoms with E-state index in [0.717, 1.165) is 34.5 Å². The van der Waals surface area contributed by atoms with E-state index in [0.29, 0.717) is 26.2 Å². The Labute approximate surface area is 191 Å². The largest absolute Gasteiger partial charge is 0.353 e. The Balaban J connectivity index is 1.15. The summed E-state index contributed by atoms with van der Waals surface area (Å²) in [6.07, 6.45) is 3.61. The van der Waals surface area contributed by atoms with Crippen LogP contribution in [-0.2, 0) is 0 Å². The minimum atomic E-state index is -0.0984.